The Morgan fingerprint density at radius 2 is 1.80 bits per heavy atom. The fourth-order valence-electron chi connectivity index (χ4n) is 3.01. The van der Waals surface area contributed by atoms with Gasteiger partial charge in [0.15, 0.2) is 0 Å². The van der Waals surface area contributed by atoms with Crippen LogP contribution in [0.5, 0.6) is 0 Å². The van der Waals surface area contributed by atoms with E-state index < -0.39 is 12.6 Å². The molecule has 0 aromatic carbocycles. The van der Waals surface area contributed by atoms with Gasteiger partial charge in [0.2, 0.25) is 6.61 Å². The molecule has 7 heteroatoms. The van der Waals surface area contributed by atoms with E-state index in [1.165, 1.54) is 0 Å². The summed E-state index contributed by atoms with van der Waals surface area (Å²) in [6.07, 6.45) is 12.5. The van der Waals surface area contributed by atoms with E-state index in [0.717, 1.165) is 16.9 Å². The van der Waals surface area contributed by atoms with Crippen molar-refractivity contribution < 1.29 is 19.5 Å². The van der Waals surface area contributed by atoms with Crippen LogP contribution >= 0.6 is 0 Å². The predicted molar refractivity (Wildman–Crippen MR) is 91.6 cm³/mol. The van der Waals surface area contributed by atoms with Crippen molar-refractivity contribution in [1.29, 1.82) is 0 Å². The van der Waals surface area contributed by atoms with Crippen molar-refractivity contribution in [3.8, 4) is 0 Å². The lowest BCUT2D eigenvalue weighted by Crippen LogP contribution is -2.13. The maximum absolute atomic E-state index is 12.5. The van der Waals surface area contributed by atoms with Crippen LogP contribution in [-0.4, -0.2) is 40.7 Å². The average Bonchev–Trinajstić information content (AvgIpc) is 3.11. The smallest absolute Gasteiger partial charge is 0.344 e. The second-order valence-corrected chi connectivity index (χ2v) is 5.68. The summed E-state index contributed by atoms with van der Waals surface area (Å²) in [4.78, 5) is 36.7. The monoisotopic (exact) mass is 335 g/mol. The van der Waals surface area contributed by atoms with Crippen LogP contribution < -0.4 is 0 Å². The van der Waals surface area contributed by atoms with Gasteiger partial charge in [0.25, 0.3) is 5.91 Å². The van der Waals surface area contributed by atoms with Crippen molar-refractivity contribution in [1.82, 2.24) is 0 Å². The topological polar surface area (TPSA) is 101 Å². The highest BCUT2D eigenvalue weighted by Gasteiger charge is 2.36. The summed E-state index contributed by atoms with van der Waals surface area (Å²) in [6.45, 7) is -0.564. The molecule has 25 heavy (non-hydrogen) atoms. The number of nitrogens with zero attached hydrogens (tertiary/aromatic N) is 3. The van der Waals surface area contributed by atoms with E-state index in [2.05, 4.69) is 15.1 Å². The fraction of sp³-hybridized carbons (Fsp3) is 0.167. The molecule has 4 aliphatic rings. The molecular weight excluding hydrogens is 322 g/mol. The molecule has 1 amide bonds. The van der Waals surface area contributed by atoms with Gasteiger partial charge in [-0.05, 0) is 0 Å². The molecule has 0 radical (unpaired) electrons. The normalized spacial score (nSPS) is 25.3. The SMILES string of the molecule is O=C(O)CO/N=C1\C2=CC=CCC2=NC1=C1C(=O)N=C2CC=CC=C21. The first-order valence-electron chi connectivity index (χ1n) is 7.76. The number of amides is 1. The summed E-state index contributed by atoms with van der Waals surface area (Å²) in [5.41, 5.74) is 4.11. The number of carbonyl (C=O) groups excluding carboxylic acids is 1. The number of hydrogen-bond donors (Lipinski definition) is 1. The molecule has 0 saturated carbocycles. The summed E-state index contributed by atoms with van der Waals surface area (Å²) in [7, 11) is 0. The number of allylic oxidation sites excluding steroid dienone is 7. The number of hydrogen-bond acceptors (Lipinski definition) is 5. The molecule has 1 N–H and O–H groups in total. The van der Waals surface area contributed by atoms with E-state index in [1.807, 2.05) is 36.5 Å². The Hall–Kier alpha value is -3.35. The highest BCUT2D eigenvalue weighted by molar-refractivity contribution is 6.39. The van der Waals surface area contributed by atoms with Gasteiger partial charge in [-0.25, -0.2) is 14.8 Å². The van der Waals surface area contributed by atoms with Crippen molar-refractivity contribution >= 4 is 29.0 Å². The Balaban J connectivity index is 1.83. The van der Waals surface area contributed by atoms with Crippen molar-refractivity contribution in [3.63, 3.8) is 0 Å². The molecule has 0 atom stereocenters. The maximum atomic E-state index is 12.5. The van der Waals surface area contributed by atoms with Crippen LogP contribution in [0.2, 0.25) is 0 Å². The van der Waals surface area contributed by atoms with Crippen LogP contribution in [0.1, 0.15) is 12.8 Å². The van der Waals surface area contributed by atoms with Gasteiger partial charge in [-0.15, -0.1) is 0 Å². The van der Waals surface area contributed by atoms with Crippen molar-refractivity contribution in [2.24, 2.45) is 15.1 Å². The van der Waals surface area contributed by atoms with E-state index in [-0.39, 0.29) is 5.91 Å². The minimum atomic E-state index is -1.13. The number of carbonyl (C=O) groups is 2. The van der Waals surface area contributed by atoms with E-state index >= 15 is 0 Å². The van der Waals surface area contributed by atoms with Gasteiger partial charge in [0, 0.05) is 24.0 Å². The van der Waals surface area contributed by atoms with Crippen LogP contribution in [0.15, 0.2) is 74.0 Å². The van der Waals surface area contributed by atoms with Crippen molar-refractivity contribution in [3.05, 3.63) is 58.9 Å². The Morgan fingerprint density at radius 3 is 2.52 bits per heavy atom. The van der Waals surface area contributed by atoms with Crippen LogP contribution in [0.25, 0.3) is 0 Å². The molecule has 0 aromatic heterocycles. The lowest BCUT2D eigenvalue weighted by atomic mass is 9.93. The van der Waals surface area contributed by atoms with Crippen LogP contribution in [0, 0.1) is 0 Å². The third-order valence-corrected chi connectivity index (χ3v) is 4.07. The van der Waals surface area contributed by atoms with Gasteiger partial charge >= 0.3 is 5.97 Å². The average molecular weight is 335 g/mol. The standard InChI is InChI=1S/C18H13N3O4/c22-14(23)9-25-21-16-11-6-2-4-8-13(11)19-17(16)15-10-5-1-3-7-12(10)20-18(15)24/h1-6H,7-9H2,(H,22,23)/b17-15?,21-16+. The number of carboxylic acids is 1. The molecule has 4 rings (SSSR count). The molecule has 0 saturated heterocycles. The second kappa shape index (κ2) is 5.94. The molecule has 0 fully saturated rings. The number of aliphatic carboxylic acids is 1. The summed E-state index contributed by atoms with van der Waals surface area (Å²) >= 11 is 0. The Kier molecular flexibility index (Phi) is 3.61. The highest BCUT2D eigenvalue weighted by atomic mass is 16.6. The predicted octanol–water partition coefficient (Wildman–Crippen LogP) is 1.91. The Morgan fingerprint density at radius 1 is 1.12 bits per heavy atom. The van der Waals surface area contributed by atoms with Gasteiger partial charge in [-0.2, -0.15) is 0 Å². The third kappa shape index (κ3) is 2.59. The molecule has 0 unspecified atom stereocenters. The van der Waals surface area contributed by atoms with E-state index in [4.69, 9.17) is 9.94 Å². The zero-order chi connectivity index (χ0) is 17.4. The van der Waals surface area contributed by atoms with Gasteiger partial charge in [-0.3, -0.25) is 4.79 Å². The number of rotatable bonds is 3. The first-order valence-corrected chi connectivity index (χ1v) is 7.76. The van der Waals surface area contributed by atoms with Gasteiger partial charge in [0.05, 0.1) is 17.0 Å². The van der Waals surface area contributed by atoms with Crippen molar-refractivity contribution in [2.75, 3.05) is 6.61 Å². The molecule has 7 nitrogen and oxygen atoms in total. The third-order valence-electron chi connectivity index (χ3n) is 4.07. The molecule has 0 spiro atoms. The lowest BCUT2D eigenvalue weighted by molar-refractivity contribution is -0.142. The second-order valence-electron chi connectivity index (χ2n) is 5.68. The van der Waals surface area contributed by atoms with Gasteiger partial charge < -0.3 is 9.94 Å². The molecule has 2 aliphatic carbocycles. The lowest BCUT2D eigenvalue weighted by Gasteiger charge is -2.08. The molecule has 2 heterocycles. The first-order chi connectivity index (χ1) is 12.1. The van der Waals surface area contributed by atoms with Crippen LogP contribution in [0.4, 0.5) is 0 Å². The largest absolute Gasteiger partial charge is 0.479 e. The maximum Gasteiger partial charge on any atom is 0.344 e. The number of carboxylic acid groups (broad SMARTS) is 1. The minimum Gasteiger partial charge on any atom is -0.479 e. The summed E-state index contributed by atoms with van der Waals surface area (Å²) in [5, 5.41) is 12.7. The van der Waals surface area contributed by atoms with E-state index in [9.17, 15) is 9.59 Å². The number of aliphatic imine (C=N–C) groups is 2. The molecule has 0 aromatic rings. The molecule has 2 aliphatic heterocycles. The summed E-state index contributed by atoms with van der Waals surface area (Å²) in [5.74, 6) is -1.49. The first kappa shape index (κ1) is 15.2. The highest BCUT2D eigenvalue weighted by Crippen LogP contribution is 2.35. The molecule has 0 bridgehead atoms. The Bertz CT molecular complexity index is 939. The molecular formula is C18H13N3O4. The van der Waals surface area contributed by atoms with Gasteiger partial charge in [0.1, 0.15) is 11.4 Å². The van der Waals surface area contributed by atoms with Crippen LogP contribution in [-0.2, 0) is 14.4 Å². The zero-order valence-electron chi connectivity index (χ0n) is 13.1. The quantitative estimate of drug-likeness (QED) is 0.629. The summed E-state index contributed by atoms with van der Waals surface area (Å²) < 4.78 is 0. The number of oxime groups is 1. The van der Waals surface area contributed by atoms with E-state index in [0.29, 0.717) is 35.5 Å². The van der Waals surface area contributed by atoms with Crippen molar-refractivity contribution in [2.45, 2.75) is 12.8 Å². The van der Waals surface area contributed by atoms with E-state index in [1.54, 1.807) is 0 Å². The number of fused-ring (bicyclic) bond motifs is 2. The molecule has 124 valence electrons. The Labute approximate surface area is 142 Å². The fourth-order valence-corrected chi connectivity index (χ4v) is 3.01. The zero-order valence-corrected chi connectivity index (χ0v) is 13.1. The summed E-state index contributed by atoms with van der Waals surface area (Å²) in [6, 6.07) is 0. The van der Waals surface area contributed by atoms with Crippen LogP contribution in [0.3, 0.4) is 0 Å². The minimum absolute atomic E-state index is 0.359. The van der Waals surface area contributed by atoms with Gasteiger partial charge in [-0.1, -0.05) is 41.6 Å².